The van der Waals surface area contributed by atoms with E-state index in [0.717, 1.165) is 24.0 Å². The van der Waals surface area contributed by atoms with Crippen LogP contribution in [0.2, 0.25) is 0 Å². The number of rotatable bonds is 5. The van der Waals surface area contributed by atoms with E-state index in [9.17, 15) is 4.79 Å². The third-order valence-electron chi connectivity index (χ3n) is 3.69. The van der Waals surface area contributed by atoms with E-state index in [-0.39, 0.29) is 11.7 Å². The second kappa shape index (κ2) is 5.87. The third kappa shape index (κ3) is 3.09. The maximum atomic E-state index is 11.3. The minimum atomic E-state index is -0.159. The van der Waals surface area contributed by atoms with Crippen molar-refractivity contribution in [2.45, 2.75) is 32.9 Å². The topological polar surface area (TPSA) is 60.7 Å². The van der Waals surface area contributed by atoms with Crippen molar-refractivity contribution in [3.05, 3.63) is 56.1 Å². The molecule has 3 N–H and O–H groups in total. The normalized spacial score (nSPS) is 12.9. The summed E-state index contributed by atoms with van der Waals surface area (Å²) in [6.07, 6.45) is 1.09. The molecule has 0 bridgehead atoms. The molecule has 0 aliphatic carbocycles. The van der Waals surface area contributed by atoms with E-state index >= 15 is 0 Å². The van der Waals surface area contributed by atoms with Gasteiger partial charge in [-0.1, -0.05) is 13.0 Å². The zero-order valence-electron chi connectivity index (χ0n) is 12.2. The van der Waals surface area contributed by atoms with E-state index in [0.29, 0.717) is 0 Å². The van der Waals surface area contributed by atoms with Gasteiger partial charge in [0.25, 0.3) is 0 Å². The average molecular weight is 301 g/mol. The van der Waals surface area contributed by atoms with Crippen LogP contribution in [0.5, 0.6) is 0 Å². The van der Waals surface area contributed by atoms with Crippen LogP contribution < -0.4 is 11.0 Å². The van der Waals surface area contributed by atoms with Crippen molar-refractivity contribution in [3.63, 3.8) is 0 Å². The second-order valence-corrected chi connectivity index (χ2v) is 6.46. The van der Waals surface area contributed by atoms with E-state index in [1.54, 1.807) is 0 Å². The van der Waals surface area contributed by atoms with Gasteiger partial charge in [-0.05, 0) is 43.2 Å². The number of thiophene rings is 1. The van der Waals surface area contributed by atoms with Gasteiger partial charge in [0.15, 0.2) is 0 Å². The number of hydrogen-bond donors (Lipinski definition) is 3. The van der Waals surface area contributed by atoms with Crippen LogP contribution in [-0.2, 0) is 13.0 Å². The van der Waals surface area contributed by atoms with Crippen LogP contribution in [0, 0.1) is 0 Å². The van der Waals surface area contributed by atoms with Crippen molar-refractivity contribution in [1.82, 2.24) is 15.3 Å². The first-order valence-corrected chi connectivity index (χ1v) is 8.00. The van der Waals surface area contributed by atoms with Crippen LogP contribution in [0.4, 0.5) is 0 Å². The summed E-state index contributed by atoms with van der Waals surface area (Å²) < 4.78 is 0. The number of H-pyrrole nitrogens is 2. The van der Waals surface area contributed by atoms with Crippen LogP contribution in [-0.4, -0.2) is 9.97 Å². The number of fused-ring (bicyclic) bond motifs is 1. The van der Waals surface area contributed by atoms with Gasteiger partial charge in [-0.3, -0.25) is 0 Å². The fraction of sp³-hybridized carbons (Fsp3) is 0.312. The highest BCUT2D eigenvalue weighted by atomic mass is 32.1. The highest BCUT2D eigenvalue weighted by molar-refractivity contribution is 7.11. The van der Waals surface area contributed by atoms with Crippen molar-refractivity contribution in [3.8, 4) is 0 Å². The Labute approximate surface area is 127 Å². The lowest BCUT2D eigenvalue weighted by Gasteiger charge is -2.13. The van der Waals surface area contributed by atoms with Gasteiger partial charge < -0.3 is 15.3 Å². The monoisotopic (exact) mass is 301 g/mol. The van der Waals surface area contributed by atoms with Gasteiger partial charge in [0.2, 0.25) is 0 Å². The summed E-state index contributed by atoms with van der Waals surface area (Å²) in [6, 6.07) is 10.6. The van der Waals surface area contributed by atoms with E-state index in [4.69, 9.17) is 0 Å². The molecule has 0 radical (unpaired) electrons. The van der Waals surface area contributed by atoms with E-state index in [1.807, 2.05) is 23.5 Å². The number of aromatic amines is 2. The molecule has 0 aliphatic heterocycles. The maximum absolute atomic E-state index is 11.3. The smallest absolute Gasteiger partial charge is 0.306 e. The Hall–Kier alpha value is -1.85. The Bertz CT molecular complexity index is 799. The van der Waals surface area contributed by atoms with Gasteiger partial charge in [0.05, 0.1) is 11.0 Å². The lowest BCUT2D eigenvalue weighted by atomic mass is 10.1. The van der Waals surface area contributed by atoms with Crippen molar-refractivity contribution < 1.29 is 0 Å². The molecule has 1 unspecified atom stereocenters. The molecule has 2 heterocycles. The van der Waals surface area contributed by atoms with Gasteiger partial charge in [-0.2, -0.15) is 0 Å². The second-order valence-electron chi connectivity index (χ2n) is 5.21. The summed E-state index contributed by atoms with van der Waals surface area (Å²) in [5, 5.41) is 3.53. The number of aromatic nitrogens is 2. The van der Waals surface area contributed by atoms with Crippen LogP contribution >= 0.6 is 11.3 Å². The molecule has 3 aromatic rings. The zero-order chi connectivity index (χ0) is 14.8. The highest BCUT2D eigenvalue weighted by Crippen LogP contribution is 2.20. The first-order valence-electron chi connectivity index (χ1n) is 7.18. The Morgan fingerprint density at radius 1 is 1.14 bits per heavy atom. The molecule has 0 fully saturated rings. The highest BCUT2D eigenvalue weighted by Gasteiger charge is 2.08. The molecule has 0 spiro atoms. The van der Waals surface area contributed by atoms with E-state index in [2.05, 4.69) is 47.3 Å². The molecule has 1 aromatic carbocycles. The molecule has 3 rings (SSSR count). The van der Waals surface area contributed by atoms with Gasteiger partial charge in [0, 0.05) is 22.3 Å². The predicted molar refractivity (Wildman–Crippen MR) is 87.9 cm³/mol. The molecule has 5 heteroatoms. The van der Waals surface area contributed by atoms with E-state index < -0.39 is 0 Å². The summed E-state index contributed by atoms with van der Waals surface area (Å²) in [5.74, 6) is 0. The minimum Gasteiger partial charge on any atom is -0.306 e. The lowest BCUT2D eigenvalue weighted by Crippen LogP contribution is -2.17. The summed E-state index contributed by atoms with van der Waals surface area (Å²) in [4.78, 5) is 19.6. The fourth-order valence-electron chi connectivity index (χ4n) is 2.40. The SMILES string of the molecule is CCc1ccc(CNC(C)c2ccc3[nH]c(=O)[nH]c3c2)s1. The van der Waals surface area contributed by atoms with Gasteiger partial charge in [-0.15, -0.1) is 11.3 Å². The van der Waals surface area contributed by atoms with Crippen molar-refractivity contribution in [2.24, 2.45) is 0 Å². The standard InChI is InChI=1S/C16H19N3OS/c1-3-12-5-6-13(21-12)9-17-10(2)11-4-7-14-15(8-11)19-16(20)18-14/h4-8,10,17H,3,9H2,1-2H3,(H2,18,19,20). The minimum absolute atomic E-state index is 0.159. The number of benzene rings is 1. The van der Waals surface area contributed by atoms with Crippen molar-refractivity contribution in [1.29, 1.82) is 0 Å². The maximum Gasteiger partial charge on any atom is 0.323 e. The molecule has 1 atom stereocenters. The summed E-state index contributed by atoms with van der Waals surface area (Å²) in [5.41, 5.74) is 2.72. The fourth-order valence-corrected chi connectivity index (χ4v) is 3.31. The molecular formula is C16H19N3OS. The third-order valence-corrected chi connectivity index (χ3v) is 4.92. The number of hydrogen-bond acceptors (Lipinski definition) is 3. The molecule has 110 valence electrons. The van der Waals surface area contributed by atoms with Crippen molar-refractivity contribution >= 4 is 22.4 Å². The van der Waals surface area contributed by atoms with Crippen LogP contribution in [0.25, 0.3) is 11.0 Å². The van der Waals surface area contributed by atoms with Crippen LogP contribution in [0.3, 0.4) is 0 Å². The Morgan fingerprint density at radius 2 is 1.90 bits per heavy atom. The quantitative estimate of drug-likeness (QED) is 0.677. The predicted octanol–water partition coefficient (Wildman–Crippen LogP) is 3.33. The molecule has 4 nitrogen and oxygen atoms in total. The molecule has 21 heavy (non-hydrogen) atoms. The molecular weight excluding hydrogens is 282 g/mol. The number of nitrogens with one attached hydrogen (secondary N) is 3. The van der Waals surface area contributed by atoms with E-state index in [1.165, 1.54) is 15.3 Å². The average Bonchev–Trinajstić information content (AvgIpc) is 3.08. The van der Waals surface area contributed by atoms with Gasteiger partial charge in [0.1, 0.15) is 0 Å². The Kier molecular flexibility index (Phi) is 3.94. The van der Waals surface area contributed by atoms with Crippen molar-refractivity contribution in [2.75, 3.05) is 0 Å². The Morgan fingerprint density at radius 3 is 2.67 bits per heavy atom. The molecule has 0 saturated carbocycles. The first-order chi connectivity index (χ1) is 10.2. The van der Waals surface area contributed by atoms with Gasteiger partial charge in [-0.25, -0.2) is 4.79 Å². The molecule has 0 aliphatic rings. The van der Waals surface area contributed by atoms with Gasteiger partial charge >= 0.3 is 5.69 Å². The molecule has 0 amide bonds. The lowest BCUT2D eigenvalue weighted by molar-refractivity contribution is 0.579. The number of aryl methyl sites for hydroxylation is 1. The van der Waals surface area contributed by atoms with Crippen LogP contribution in [0.15, 0.2) is 35.1 Å². The number of imidazole rings is 1. The molecule has 0 saturated heterocycles. The largest absolute Gasteiger partial charge is 0.323 e. The summed E-state index contributed by atoms with van der Waals surface area (Å²) >= 11 is 1.86. The zero-order valence-corrected chi connectivity index (χ0v) is 13.0. The van der Waals surface area contributed by atoms with Crippen LogP contribution in [0.1, 0.15) is 35.2 Å². The first kappa shape index (κ1) is 14.1. The summed E-state index contributed by atoms with van der Waals surface area (Å²) in [6.45, 7) is 5.19. The summed E-state index contributed by atoms with van der Waals surface area (Å²) in [7, 11) is 0. The Balaban J connectivity index is 1.70. The molecule has 2 aromatic heterocycles.